The third kappa shape index (κ3) is 4.73. The zero-order chi connectivity index (χ0) is 21.1. The molecule has 1 amide bonds. The third-order valence-corrected chi connectivity index (χ3v) is 5.53. The van der Waals surface area contributed by atoms with Crippen LogP contribution in [0.25, 0.3) is 0 Å². The number of carbonyl (C=O) groups is 2. The van der Waals surface area contributed by atoms with Gasteiger partial charge in [0, 0.05) is 5.69 Å². The number of sulfonamides is 1. The molecule has 1 unspecified atom stereocenters. The van der Waals surface area contributed by atoms with Crippen molar-refractivity contribution < 1.29 is 27.1 Å². The van der Waals surface area contributed by atoms with E-state index in [4.69, 9.17) is 4.74 Å². The van der Waals surface area contributed by atoms with Gasteiger partial charge in [0.2, 0.25) is 10.0 Å². The van der Waals surface area contributed by atoms with Gasteiger partial charge in [-0.25, -0.2) is 22.3 Å². The molecule has 150 valence electrons. The third-order valence-electron chi connectivity index (χ3n) is 4.12. The average Bonchev–Trinajstić information content (AvgIpc) is 2.64. The number of para-hydroxylation sites is 1. The van der Waals surface area contributed by atoms with Crippen molar-refractivity contribution in [3.63, 3.8) is 0 Å². The molecule has 28 heavy (non-hydrogen) atoms. The van der Waals surface area contributed by atoms with Crippen molar-refractivity contribution in [1.29, 1.82) is 0 Å². The van der Waals surface area contributed by atoms with E-state index in [1.165, 1.54) is 14.0 Å². The smallest absolute Gasteiger partial charge is 0.341 e. The van der Waals surface area contributed by atoms with Crippen LogP contribution in [0.1, 0.15) is 28.4 Å². The van der Waals surface area contributed by atoms with Crippen LogP contribution < -0.4 is 10.0 Å². The van der Waals surface area contributed by atoms with Crippen LogP contribution in [-0.4, -0.2) is 33.4 Å². The summed E-state index contributed by atoms with van der Waals surface area (Å²) in [4.78, 5) is 24.3. The maximum Gasteiger partial charge on any atom is 0.341 e. The minimum Gasteiger partial charge on any atom is -0.449 e. The summed E-state index contributed by atoms with van der Waals surface area (Å²) in [5.74, 6) is -2.69. The monoisotopic (exact) mass is 408 g/mol. The molecule has 0 radical (unpaired) electrons. The molecule has 0 saturated heterocycles. The Hall–Kier alpha value is -2.78. The zero-order valence-electron chi connectivity index (χ0n) is 15.9. The summed E-state index contributed by atoms with van der Waals surface area (Å²) in [5.41, 5.74) is 1.69. The Morgan fingerprint density at radius 2 is 1.71 bits per heavy atom. The number of nitrogens with one attached hydrogen (secondary N) is 2. The molecule has 0 heterocycles. The molecule has 0 aliphatic carbocycles. The van der Waals surface area contributed by atoms with Crippen molar-refractivity contribution in [3.8, 4) is 0 Å². The molecular weight excluding hydrogens is 387 g/mol. The van der Waals surface area contributed by atoms with Gasteiger partial charge in [-0.1, -0.05) is 18.2 Å². The lowest BCUT2D eigenvalue weighted by Gasteiger charge is -2.16. The molecule has 0 spiro atoms. The van der Waals surface area contributed by atoms with Crippen molar-refractivity contribution in [2.24, 2.45) is 0 Å². The van der Waals surface area contributed by atoms with E-state index < -0.39 is 39.4 Å². The normalized spacial score (nSPS) is 12.3. The molecule has 0 aromatic heterocycles. The average molecular weight is 408 g/mol. The van der Waals surface area contributed by atoms with Gasteiger partial charge in [-0.15, -0.1) is 0 Å². The van der Waals surface area contributed by atoms with Gasteiger partial charge in [-0.3, -0.25) is 4.79 Å². The quantitative estimate of drug-likeness (QED) is 0.716. The molecule has 7 nitrogen and oxygen atoms in total. The van der Waals surface area contributed by atoms with Crippen LogP contribution in [0.4, 0.5) is 10.1 Å². The van der Waals surface area contributed by atoms with Crippen LogP contribution in [-0.2, 0) is 19.6 Å². The van der Waals surface area contributed by atoms with E-state index in [1.54, 1.807) is 0 Å². The lowest BCUT2D eigenvalue weighted by Crippen LogP contribution is -2.31. The highest BCUT2D eigenvalue weighted by Crippen LogP contribution is 2.20. The molecule has 0 saturated carbocycles. The van der Waals surface area contributed by atoms with Crippen LogP contribution in [0.3, 0.4) is 0 Å². The Labute approximate surface area is 163 Å². The highest BCUT2D eigenvalue weighted by molar-refractivity contribution is 7.89. The molecule has 0 aliphatic rings. The number of esters is 1. The molecule has 0 fully saturated rings. The lowest BCUT2D eigenvalue weighted by molar-refractivity contribution is -0.123. The number of amides is 1. The fourth-order valence-electron chi connectivity index (χ4n) is 2.46. The van der Waals surface area contributed by atoms with Gasteiger partial charge in [0.1, 0.15) is 5.82 Å². The van der Waals surface area contributed by atoms with Gasteiger partial charge in [0.05, 0.1) is 10.5 Å². The summed E-state index contributed by atoms with van der Waals surface area (Å²) in [6, 6.07) is 8.22. The van der Waals surface area contributed by atoms with Crippen molar-refractivity contribution in [1.82, 2.24) is 4.72 Å². The largest absolute Gasteiger partial charge is 0.449 e. The predicted molar refractivity (Wildman–Crippen MR) is 102 cm³/mol. The van der Waals surface area contributed by atoms with Crippen molar-refractivity contribution in [2.75, 3.05) is 12.4 Å². The number of anilines is 1. The van der Waals surface area contributed by atoms with Gasteiger partial charge in [-0.05, 0) is 57.1 Å². The van der Waals surface area contributed by atoms with Crippen LogP contribution in [0.5, 0.6) is 0 Å². The van der Waals surface area contributed by atoms with Crippen LogP contribution in [0, 0.1) is 19.7 Å². The van der Waals surface area contributed by atoms with E-state index in [1.807, 2.05) is 32.0 Å². The Morgan fingerprint density at radius 1 is 1.11 bits per heavy atom. The summed E-state index contributed by atoms with van der Waals surface area (Å²) >= 11 is 0. The maximum atomic E-state index is 14.0. The standard InChI is InChI=1S/C19H21FN2O5S/c1-11-6-5-7-12(2)17(11)22-18(23)13(3)27-19(24)15-10-14(8-9-16(15)20)28(25,26)21-4/h5-10,13,21H,1-4H3,(H,22,23). The van der Waals surface area contributed by atoms with Crippen LogP contribution in [0.15, 0.2) is 41.3 Å². The number of hydrogen-bond donors (Lipinski definition) is 2. The first-order chi connectivity index (χ1) is 13.1. The topological polar surface area (TPSA) is 102 Å². The fraction of sp³-hybridized carbons (Fsp3) is 0.263. The minimum absolute atomic E-state index is 0.295. The molecule has 2 aromatic carbocycles. The van der Waals surface area contributed by atoms with Crippen LogP contribution in [0.2, 0.25) is 0 Å². The summed E-state index contributed by atoms with van der Waals surface area (Å²) in [5, 5.41) is 2.68. The molecule has 2 rings (SSSR count). The summed E-state index contributed by atoms with van der Waals surface area (Å²) < 4.78 is 44.8. The summed E-state index contributed by atoms with van der Waals surface area (Å²) in [6.45, 7) is 4.98. The van der Waals surface area contributed by atoms with E-state index in [0.29, 0.717) is 5.69 Å². The number of aryl methyl sites for hydroxylation is 2. The number of benzene rings is 2. The lowest BCUT2D eigenvalue weighted by atomic mass is 10.1. The predicted octanol–water partition coefficient (Wildman–Crippen LogP) is 2.53. The van der Waals surface area contributed by atoms with E-state index in [9.17, 15) is 22.4 Å². The molecule has 0 aliphatic heterocycles. The van der Waals surface area contributed by atoms with Gasteiger partial charge in [0.15, 0.2) is 6.10 Å². The second-order valence-corrected chi connectivity index (χ2v) is 8.04. The zero-order valence-corrected chi connectivity index (χ0v) is 16.7. The number of halogens is 1. The number of ether oxygens (including phenoxy) is 1. The Balaban J connectivity index is 2.18. The molecule has 9 heteroatoms. The van der Waals surface area contributed by atoms with Crippen molar-refractivity contribution >= 4 is 27.6 Å². The van der Waals surface area contributed by atoms with E-state index in [-0.39, 0.29) is 4.90 Å². The Kier molecular flexibility index (Phi) is 6.52. The first-order valence-corrected chi connectivity index (χ1v) is 9.86. The minimum atomic E-state index is -3.87. The molecule has 1 atom stereocenters. The Bertz CT molecular complexity index is 1000. The second kappa shape index (κ2) is 8.49. The Morgan fingerprint density at radius 3 is 2.29 bits per heavy atom. The molecule has 0 bridgehead atoms. The number of rotatable bonds is 6. The highest BCUT2D eigenvalue weighted by atomic mass is 32.2. The van der Waals surface area contributed by atoms with Crippen molar-refractivity contribution in [2.45, 2.75) is 31.8 Å². The molecule has 2 N–H and O–H groups in total. The maximum absolute atomic E-state index is 14.0. The molecular formula is C19H21FN2O5S. The number of carbonyl (C=O) groups excluding carboxylic acids is 2. The number of hydrogen-bond acceptors (Lipinski definition) is 5. The summed E-state index contributed by atoms with van der Waals surface area (Å²) in [6.07, 6.45) is -1.23. The van der Waals surface area contributed by atoms with Crippen molar-refractivity contribution in [3.05, 3.63) is 58.9 Å². The van der Waals surface area contributed by atoms with E-state index >= 15 is 0 Å². The first kappa shape index (κ1) is 21.5. The van der Waals surface area contributed by atoms with Gasteiger partial charge < -0.3 is 10.1 Å². The van der Waals surface area contributed by atoms with Gasteiger partial charge in [0.25, 0.3) is 5.91 Å². The highest BCUT2D eigenvalue weighted by Gasteiger charge is 2.24. The molecule has 2 aromatic rings. The first-order valence-electron chi connectivity index (χ1n) is 8.38. The van der Waals surface area contributed by atoms with Gasteiger partial charge >= 0.3 is 5.97 Å². The second-order valence-electron chi connectivity index (χ2n) is 6.15. The van der Waals surface area contributed by atoms with Gasteiger partial charge in [-0.2, -0.15) is 0 Å². The van der Waals surface area contributed by atoms with E-state index in [2.05, 4.69) is 10.0 Å². The summed E-state index contributed by atoms with van der Waals surface area (Å²) in [7, 11) is -2.68. The SMILES string of the molecule is CNS(=O)(=O)c1ccc(F)c(C(=O)OC(C)C(=O)Nc2c(C)cccc2C)c1. The fourth-order valence-corrected chi connectivity index (χ4v) is 3.22. The van der Waals surface area contributed by atoms with Crippen LogP contribution >= 0.6 is 0 Å². The van der Waals surface area contributed by atoms with E-state index in [0.717, 1.165) is 29.3 Å².